The first kappa shape index (κ1) is 78.5. The Morgan fingerprint density at radius 3 is 1.61 bits per heavy atom. The summed E-state index contributed by atoms with van der Waals surface area (Å²) >= 11 is 0. The van der Waals surface area contributed by atoms with Crippen molar-refractivity contribution in [1.29, 1.82) is 0 Å². The Bertz CT molecular complexity index is 2860. The van der Waals surface area contributed by atoms with Crippen molar-refractivity contribution in [3.8, 4) is 0 Å². The van der Waals surface area contributed by atoms with E-state index in [-0.39, 0.29) is 34.0 Å². The fourth-order valence-electron chi connectivity index (χ4n) is 19.7. The van der Waals surface area contributed by atoms with Crippen LogP contribution in [0.4, 0.5) is 0 Å². The number of hydrogen-bond acceptors (Lipinski definition) is 33. The predicted octanol–water partition coefficient (Wildman–Crippen LogP) is -4.98. The molecule has 33 heteroatoms. The highest BCUT2D eigenvalue weighted by atomic mass is 16.8. The Balaban J connectivity index is 0.717. The minimum atomic E-state index is -2.00. The number of hydrogen-bond donors (Lipinski definition) is 18. The lowest BCUT2D eigenvalue weighted by Crippen LogP contribution is -2.67. The molecular formula is C68H110O33. The van der Waals surface area contributed by atoms with E-state index in [1.54, 1.807) is 0 Å². The summed E-state index contributed by atoms with van der Waals surface area (Å²) in [6.07, 6.45) is -42.6. The van der Waals surface area contributed by atoms with E-state index in [9.17, 15) is 91.9 Å². The number of esters is 1. The molecule has 0 amide bonds. The van der Waals surface area contributed by atoms with Gasteiger partial charge in [-0.3, -0.25) is 4.79 Å². The molecule has 0 aromatic carbocycles. The van der Waals surface area contributed by atoms with Crippen molar-refractivity contribution in [2.45, 2.75) is 316 Å². The number of carbonyl (C=O) groups excluding carboxylic acids is 1. The Labute approximate surface area is 584 Å². The van der Waals surface area contributed by atoms with Crippen molar-refractivity contribution < 1.29 is 163 Å². The first-order chi connectivity index (χ1) is 47.4. The van der Waals surface area contributed by atoms with Crippen LogP contribution >= 0.6 is 0 Å². The molecule has 39 atom stereocenters. The summed E-state index contributed by atoms with van der Waals surface area (Å²) in [5, 5.41) is 196. The minimum Gasteiger partial charge on any atom is -0.432 e. The van der Waals surface area contributed by atoms with Crippen molar-refractivity contribution in [1.82, 2.24) is 0 Å². The van der Waals surface area contributed by atoms with Gasteiger partial charge < -0.3 is 158 Å². The maximum absolute atomic E-state index is 15.7. The van der Waals surface area contributed by atoms with Gasteiger partial charge in [0.25, 0.3) is 0 Å². The molecule has 0 radical (unpaired) electrons. The molecule has 11 fully saturated rings. The fourth-order valence-corrected chi connectivity index (χ4v) is 19.7. The molecule has 18 N–H and O–H groups in total. The first-order valence-corrected chi connectivity index (χ1v) is 35.8. The summed E-state index contributed by atoms with van der Waals surface area (Å²) in [6, 6.07) is 0. The summed E-state index contributed by atoms with van der Waals surface area (Å²) in [4.78, 5) is 15.7. The van der Waals surface area contributed by atoms with Crippen LogP contribution in [0.3, 0.4) is 0 Å². The summed E-state index contributed by atoms with van der Waals surface area (Å²) in [6.45, 7) is 14.1. The number of ether oxygens (including phenoxy) is 14. The largest absolute Gasteiger partial charge is 0.432 e. The van der Waals surface area contributed by atoms with Crippen LogP contribution in [-0.4, -0.2) is 334 Å². The van der Waals surface area contributed by atoms with Gasteiger partial charge in [0.15, 0.2) is 43.8 Å². The second-order valence-corrected chi connectivity index (χ2v) is 32.9. The third-order valence-electron chi connectivity index (χ3n) is 26.1. The second kappa shape index (κ2) is 29.8. The van der Waals surface area contributed by atoms with E-state index in [0.29, 0.717) is 51.4 Å². The normalized spacial score (nSPS) is 54.4. The van der Waals surface area contributed by atoms with Gasteiger partial charge in [0, 0.05) is 0 Å². The number of aliphatic hydroxyl groups excluding tert-OH is 18. The minimum absolute atomic E-state index is 0.0682. The summed E-state index contributed by atoms with van der Waals surface area (Å²) in [5.41, 5.74) is -1.73. The van der Waals surface area contributed by atoms with E-state index in [1.807, 2.05) is 0 Å². The molecule has 4 saturated carbocycles. The van der Waals surface area contributed by atoms with Crippen LogP contribution in [0.5, 0.6) is 0 Å². The molecule has 5 aliphatic carbocycles. The zero-order valence-corrected chi connectivity index (χ0v) is 58.3. The third kappa shape index (κ3) is 14.0. The van der Waals surface area contributed by atoms with Gasteiger partial charge >= 0.3 is 5.97 Å². The van der Waals surface area contributed by atoms with Gasteiger partial charge in [0.05, 0.1) is 57.3 Å². The summed E-state index contributed by atoms with van der Waals surface area (Å²) < 4.78 is 83.0. The Morgan fingerprint density at radius 1 is 0.465 bits per heavy atom. The van der Waals surface area contributed by atoms with Gasteiger partial charge in [-0.05, 0) is 116 Å². The highest BCUT2D eigenvalue weighted by Crippen LogP contribution is 2.76. The van der Waals surface area contributed by atoms with Gasteiger partial charge in [-0.2, -0.15) is 0 Å². The van der Waals surface area contributed by atoms with Crippen LogP contribution in [-0.2, 0) is 71.1 Å². The Morgan fingerprint density at radius 2 is 0.970 bits per heavy atom. The molecule has 580 valence electrons. The van der Waals surface area contributed by atoms with Gasteiger partial charge in [-0.15, -0.1) is 0 Å². The molecule has 7 saturated heterocycles. The maximum Gasteiger partial charge on any atom is 0.315 e. The first-order valence-electron chi connectivity index (χ1n) is 35.8. The second-order valence-electron chi connectivity index (χ2n) is 32.9. The van der Waals surface area contributed by atoms with Crippen LogP contribution in [0.1, 0.15) is 120 Å². The number of rotatable bonds is 16. The molecular weight excluding hydrogens is 1340 g/mol. The van der Waals surface area contributed by atoms with Gasteiger partial charge in [0.2, 0.25) is 6.29 Å². The van der Waals surface area contributed by atoms with Crippen molar-refractivity contribution in [3.05, 3.63) is 11.6 Å². The van der Waals surface area contributed by atoms with Crippen LogP contribution in [0.15, 0.2) is 11.6 Å². The van der Waals surface area contributed by atoms with Crippen molar-refractivity contribution in [2.75, 3.05) is 39.6 Å². The molecule has 0 bridgehead atoms. The van der Waals surface area contributed by atoms with E-state index in [1.165, 1.54) is 12.5 Å². The lowest BCUT2D eigenvalue weighted by Gasteiger charge is -2.71. The Kier molecular flexibility index (Phi) is 23.1. The van der Waals surface area contributed by atoms with Gasteiger partial charge in [0.1, 0.15) is 134 Å². The van der Waals surface area contributed by atoms with Crippen LogP contribution in [0.25, 0.3) is 0 Å². The molecule has 12 aliphatic rings. The standard InChI is InChI=1S/C68H110O33/c1-26-51(97-57-50(86)52(32(73)24-90-57)98-55-46(82)38(74)29(70)21-88-55)45(81)49(85)58(93-26)100-54-44(80)41(77)33(20-69)94-61(54)101-62(87)68-17-15-63(2,3)19-28(68)27-9-10-36-65(6)13-12-37(64(4,5)35(65)11-14-67(36,8)66(27,7)16-18-68)96-59-48(84)43(79)42(78)34(95-59)25-92-60-53(40(76)31(72)23-91-60)99-56-47(83)39(75)30(71)22-89-56/h9,26,28-61,69-86H,10-25H2,1-8H3/t26-,28-,29-,30-,31+,32+,33-,34+,35+,36+,37+,38+,39-,40-,41+,42-,43-,44-,45+,46-,47-,48+,49+,50+,51+,52+,53-,54-,55-,56+,57+,58-,59+,60+,61+,65+,66-,67-,68-/m0/s1. The van der Waals surface area contributed by atoms with E-state index in [0.717, 1.165) is 12.8 Å². The highest BCUT2D eigenvalue weighted by Gasteiger charge is 2.71. The summed E-state index contributed by atoms with van der Waals surface area (Å²) in [7, 11) is 0. The fraction of sp³-hybridized carbons (Fsp3) is 0.956. The van der Waals surface area contributed by atoms with Crippen LogP contribution in [0.2, 0.25) is 0 Å². The van der Waals surface area contributed by atoms with E-state index in [4.69, 9.17) is 66.3 Å². The van der Waals surface area contributed by atoms with E-state index < -0.39 is 258 Å². The molecule has 7 aliphatic heterocycles. The Hall–Kier alpha value is -2.03. The molecule has 101 heavy (non-hydrogen) atoms. The van der Waals surface area contributed by atoms with Gasteiger partial charge in [-0.1, -0.05) is 60.1 Å². The van der Waals surface area contributed by atoms with Crippen molar-refractivity contribution >= 4 is 5.97 Å². The average molecular weight is 1460 g/mol. The SMILES string of the molecule is C[C@@H]1O[C@@H](O[C@@H]2[C@@H](OC(=O)[C@]34CCC(C)(C)C[C@H]3C3=CC[C@@H]5[C@]6(C)CC[C@@H](O[C@H]7O[C@H](CO[C@H]8OC[C@@H](O)[C@H](O)[C@@H]8O[C@H]8OC[C@H](O)[C@H](O)[C@@H]8O)[C@H](O)[C@H](O)[C@H]7O)C(C)(C)[C@H]6CC[C@]5(C)[C@@]3(C)CC4)O[C@@H](CO)[C@@H](O)[C@@H]2O)[C@H](O)[C@@H](O)[C@@H]1O[C@H]1OC[C@@H](O)[C@@H](O[C@@H]2OC[C@H](O)[C@@H](O)[C@@H]2O)[C@H]1O. The highest BCUT2D eigenvalue weighted by molar-refractivity contribution is 5.79. The van der Waals surface area contributed by atoms with E-state index >= 15 is 4.79 Å². The maximum atomic E-state index is 15.7. The van der Waals surface area contributed by atoms with Gasteiger partial charge in [-0.25, -0.2) is 0 Å². The molecule has 0 aromatic heterocycles. The number of aliphatic hydroxyl groups is 18. The molecule has 7 heterocycles. The molecule has 0 spiro atoms. The lowest BCUT2D eigenvalue weighted by molar-refractivity contribution is -0.379. The number of fused-ring (bicyclic) bond motifs is 7. The zero-order valence-electron chi connectivity index (χ0n) is 58.3. The summed E-state index contributed by atoms with van der Waals surface area (Å²) in [5.74, 6) is -0.766. The topological polar surface area (TPSA) is 510 Å². The molecule has 33 nitrogen and oxygen atoms in total. The average Bonchev–Trinajstić information content (AvgIpc) is 0.675. The number of allylic oxidation sites excluding steroid dienone is 2. The van der Waals surface area contributed by atoms with Crippen molar-refractivity contribution in [3.63, 3.8) is 0 Å². The van der Waals surface area contributed by atoms with Crippen LogP contribution < -0.4 is 0 Å². The lowest BCUT2D eigenvalue weighted by atomic mass is 9.33. The third-order valence-corrected chi connectivity index (χ3v) is 26.1. The van der Waals surface area contributed by atoms with Crippen molar-refractivity contribution in [2.24, 2.45) is 50.2 Å². The van der Waals surface area contributed by atoms with E-state index in [2.05, 4.69) is 54.5 Å². The van der Waals surface area contributed by atoms with Crippen LogP contribution in [0, 0.1) is 50.2 Å². The smallest absolute Gasteiger partial charge is 0.315 e. The monoisotopic (exact) mass is 1450 g/mol. The molecule has 0 unspecified atom stereocenters. The molecule has 0 aromatic rings. The quantitative estimate of drug-likeness (QED) is 0.0391. The number of carbonyl (C=O) groups is 1. The predicted molar refractivity (Wildman–Crippen MR) is 335 cm³/mol. The zero-order chi connectivity index (χ0) is 73.3. The molecule has 12 rings (SSSR count).